The number of nitrogens with one attached hydrogen (secondary N) is 3. The highest BCUT2D eigenvalue weighted by Gasteiger charge is 2.08. The Balaban J connectivity index is 0.00000625. The van der Waals surface area contributed by atoms with Crippen molar-refractivity contribution < 1.29 is 9.53 Å². The number of methoxy groups -OCH3 is 1. The fourth-order valence-corrected chi connectivity index (χ4v) is 2.16. The van der Waals surface area contributed by atoms with E-state index in [1.54, 1.807) is 7.11 Å². The summed E-state index contributed by atoms with van der Waals surface area (Å²) in [6, 6.07) is 7.79. The highest BCUT2D eigenvalue weighted by Crippen LogP contribution is 2.07. The molecule has 0 radical (unpaired) electrons. The van der Waals surface area contributed by atoms with Gasteiger partial charge in [-0.1, -0.05) is 19.1 Å². The monoisotopic (exact) mass is 476 g/mol. The summed E-state index contributed by atoms with van der Waals surface area (Å²) < 4.78 is 5.05. The number of rotatable bonds is 10. The van der Waals surface area contributed by atoms with Gasteiger partial charge in [0, 0.05) is 38.4 Å². The Kier molecular flexibility index (Phi) is 14.0. The van der Waals surface area contributed by atoms with Gasteiger partial charge in [-0.3, -0.25) is 4.79 Å². The molecule has 0 saturated carbocycles. The first kappa shape index (κ1) is 24.7. The largest absolute Gasteiger partial charge is 0.385 e. The molecule has 1 unspecified atom stereocenters. The average Bonchev–Trinajstić information content (AvgIpc) is 2.63. The summed E-state index contributed by atoms with van der Waals surface area (Å²) in [5.74, 6) is 0.734. The van der Waals surface area contributed by atoms with E-state index in [0.29, 0.717) is 12.1 Å². The Bertz CT molecular complexity index is 552. The predicted octanol–water partition coefficient (Wildman–Crippen LogP) is 2.92. The summed E-state index contributed by atoms with van der Waals surface area (Å²) in [6.45, 7) is 8.93. The summed E-state index contributed by atoms with van der Waals surface area (Å²) in [5, 5.41) is 9.48. The van der Waals surface area contributed by atoms with Crippen molar-refractivity contribution >= 4 is 35.8 Å². The van der Waals surface area contributed by atoms with Crippen LogP contribution in [0.25, 0.3) is 0 Å². The lowest BCUT2D eigenvalue weighted by Gasteiger charge is -2.12. The number of aliphatic imine (C=N–C) groups is 1. The maximum Gasteiger partial charge on any atom is 0.251 e. The molecule has 3 N–H and O–H groups in total. The molecule has 0 bridgehead atoms. The first-order valence-electron chi connectivity index (χ1n) is 9.01. The number of carbonyl (C=O) groups is 1. The third-order valence-corrected chi connectivity index (χ3v) is 3.76. The van der Waals surface area contributed by atoms with E-state index in [0.717, 1.165) is 44.1 Å². The van der Waals surface area contributed by atoms with Crippen molar-refractivity contribution in [3.63, 3.8) is 0 Å². The minimum absolute atomic E-state index is 0. The molecule has 1 amide bonds. The molecular weight excluding hydrogens is 443 g/mol. The number of nitrogens with zero attached hydrogens (tertiary/aromatic N) is 1. The van der Waals surface area contributed by atoms with E-state index in [9.17, 15) is 4.79 Å². The maximum absolute atomic E-state index is 12.2. The SMILES string of the molecule is CCNC(=NCc1cccc(C(=O)NC(C)CC)c1)NCCCOC.I. The number of amides is 1. The Morgan fingerprint density at radius 3 is 2.69 bits per heavy atom. The molecule has 1 aromatic carbocycles. The second-order valence-electron chi connectivity index (χ2n) is 5.95. The van der Waals surface area contributed by atoms with E-state index < -0.39 is 0 Å². The molecule has 0 saturated heterocycles. The van der Waals surface area contributed by atoms with Gasteiger partial charge in [0.25, 0.3) is 5.91 Å². The molecule has 1 rings (SSSR count). The molecule has 0 fully saturated rings. The summed E-state index contributed by atoms with van der Waals surface area (Å²) in [6.07, 6.45) is 1.84. The molecule has 0 aliphatic carbocycles. The molecule has 148 valence electrons. The molecule has 0 aliphatic heterocycles. The van der Waals surface area contributed by atoms with Crippen LogP contribution in [0.5, 0.6) is 0 Å². The van der Waals surface area contributed by atoms with E-state index in [4.69, 9.17) is 4.74 Å². The fraction of sp³-hybridized carbons (Fsp3) is 0.579. The van der Waals surface area contributed by atoms with Gasteiger partial charge in [0.15, 0.2) is 5.96 Å². The second kappa shape index (κ2) is 14.8. The highest BCUT2D eigenvalue weighted by molar-refractivity contribution is 14.0. The molecule has 26 heavy (non-hydrogen) atoms. The van der Waals surface area contributed by atoms with Crippen LogP contribution in [0.2, 0.25) is 0 Å². The second-order valence-corrected chi connectivity index (χ2v) is 5.95. The third-order valence-electron chi connectivity index (χ3n) is 3.76. The minimum Gasteiger partial charge on any atom is -0.385 e. The van der Waals surface area contributed by atoms with Crippen molar-refractivity contribution in [1.29, 1.82) is 0 Å². The van der Waals surface area contributed by atoms with Crippen LogP contribution in [-0.2, 0) is 11.3 Å². The normalized spacial score (nSPS) is 12.1. The number of guanidine groups is 1. The molecular formula is C19H33IN4O2. The molecule has 0 aromatic heterocycles. The summed E-state index contributed by atoms with van der Waals surface area (Å²) in [7, 11) is 1.70. The topological polar surface area (TPSA) is 74.8 Å². The van der Waals surface area contributed by atoms with E-state index in [1.807, 2.05) is 38.1 Å². The molecule has 0 spiro atoms. The number of hydrogen-bond donors (Lipinski definition) is 3. The zero-order valence-electron chi connectivity index (χ0n) is 16.3. The van der Waals surface area contributed by atoms with Crippen molar-refractivity contribution in [1.82, 2.24) is 16.0 Å². The quantitative estimate of drug-likeness (QED) is 0.210. The van der Waals surface area contributed by atoms with E-state index in [-0.39, 0.29) is 35.9 Å². The van der Waals surface area contributed by atoms with Crippen molar-refractivity contribution in [2.45, 2.75) is 46.2 Å². The molecule has 1 aromatic rings. The average molecular weight is 476 g/mol. The lowest BCUT2D eigenvalue weighted by molar-refractivity contribution is 0.0939. The Hall–Kier alpha value is -1.35. The highest BCUT2D eigenvalue weighted by atomic mass is 127. The Morgan fingerprint density at radius 1 is 1.27 bits per heavy atom. The lowest BCUT2D eigenvalue weighted by atomic mass is 10.1. The van der Waals surface area contributed by atoms with Gasteiger partial charge in [0.2, 0.25) is 0 Å². The van der Waals surface area contributed by atoms with Crippen LogP contribution in [0.1, 0.15) is 49.5 Å². The van der Waals surface area contributed by atoms with Crippen LogP contribution in [0.3, 0.4) is 0 Å². The summed E-state index contributed by atoms with van der Waals surface area (Å²) in [4.78, 5) is 16.8. The number of benzene rings is 1. The van der Waals surface area contributed by atoms with Crippen molar-refractivity contribution in [3.8, 4) is 0 Å². The first-order valence-corrected chi connectivity index (χ1v) is 9.01. The van der Waals surface area contributed by atoms with Crippen LogP contribution in [0.15, 0.2) is 29.3 Å². The van der Waals surface area contributed by atoms with Gasteiger partial charge in [-0.2, -0.15) is 0 Å². The zero-order valence-corrected chi connectivity index (χ0v) is 18.6. The number of carbonyl (C=O) groups excluding carboxylic acids is 1. The fourth-order valence-electron chi connectivity index (χ4n) is 2.16. The Labute approximate surface area is 174 Å². The van der Waals surface area contributed by atoms with E-state index in [2.05, 4.69) is 27.9 Å². The third kappa shape index (κ3) is 9.96. The molecule has 6 nitrogen and oxygen atoms in total. The minimum atomic E-state index is -0.0372. The van der Waals surface area contributed by atoms with Crippen molar-refractivity contribution in [2.75, 3.05) is 26.8 Å². The van der Waals surface area contributed by atoms with Crippen LogP contribution in [0, 0.1) is 0 Å². The molecule has 7 heteroatoms. The smallest absolute Gasteiger partial charge is 0.251 e. The van der Waals surface area contributed by atoms with Gasteiger partial charge in [-0.05, 0) is 44.4 Å². The number of ether oxygens (including phenoxy) is 1. The molecule has 1 atom stereocenters. The van der Waals surface area contributed by atoms with Crippen molar-refractivity contribution in [2.24, 2.45) is 4.99 Å². The van der Waals surface area contributed by atoms with E-state index >= 15 is 0 Å². The van der Waals surface area contributed by atoms with Gasteiger partial charge in [0.05, 0.1) is 6.54 Å². The van der Waals surface area contributed by atoms with Gasteiger partial charge in [0.1, 0.15) is 0 Å². The molecule has 0 aliphatic rings. The van der Waals surface area contributed by atoms with Gasteiger partial charge >= 0.3 is 0 Å². The maximum atomic E-state index is 12.2. The van der Waals surface area contributed by atoms with Gasteiger partial charge < -0.3 is 20.7 Å². The first-order chi connectivity index (χ1) is 12.1. The van der Waals surface area contributed by atoms with Gasteiger partial charge in [-0.15, -0.1) is 24.0 Å². The van der Waals surface area contributed by atoms with Crippen LogP contribution >= 0.6 is 24.0 Å². The standard InChI is InChI=1S/C19H32N4O2.HI/c1-5-15(3)23-18(24)17-10-7-9-16(13-17)14-22-19(20-6-2)21-11-8-12-25-4;/h7,9-10,13,15H,5-6,8,11-12,14H2,1-4H3,(H,23,24)(H2,20,21,22);1H. The van der Waals surface area contributed by atoms with E-state index in [1.165, 1.54) is 0 Å². The molecule has 0 heterocycles. The number of halogens is 1. The lowest BCUT2D eigenvalue weighted by Crippen LogP contribution is -2.38. The zero-order chi connectivity index (χ0) is 18.5. The predicted molar refractivity (Wildman–Crippen MR) is 118 cm³/mol. The Morgan fingerprint density at radius 2 is 2.04 bits per heavy atom. The van der Waals surface area contributed by atoms with Crippen LogP contribution < -0.4 is 16.0 Å². The van der Waals surface area contributed by atoms with Gasteiger partial charge in [-0.25, -0.2) is 4.99 Å². The summed E-state index contributed by atoms with van der Waals surface area (Å²) in [5.41, 5.74) is 1.68. The summed E-state index contributed by atoms with van der Waals surface area (Å²) >= 11 is 0. The number of hydrogen-bond acceptors (Lipinski definition) is 3. The van der Waals surface area contributed by atoms with Crippen molar-refractivity contribution in [3.05, 3.63) is 35.4 Å². The van der Waals surface area contributed by atoms with Crippen LogP contribution in [-0.4, -0.2) is 44.7 Å². The van der Waals surface area contributed by atoms with Crippen LogP contribution in [0.4, 0.5) is 0 Å².